The van der Waals surface area contributed by atoms with Crippen LogP contribution in [-0.4, -0.2) is 28.3 Å². The molecule has 0 aromatic heterocycles. The number of rotatable bonds is 7. The second kappa shape index (κ2) is 9.93. The van der Waals surface area contributed by atoms with E-state index in [4.69, 9.17) is 11.6 Å². The number of hydrogen-bond donors (Lipinski definition) is 1. The molecule has 156 valence electrons. The van der Waals surface area contributed by atoms with Crippen LogP contribution < -0.4 is 5.32 Å². The first kappa shape index (κ1) is 23.0. The van der Waals surface area contributed by atoms with Gasteiger partial charge in [0.25, 0.3) is 0 Å². The van der Waals surface area contributed by atoms with Crippen LogP contribution >= 0.6 is 11.6 Å². The molecule has 0 saturated heterocycles. The molecule has 0 aliphatic carbocycles. The minimum absolute atomic E-state index is 0.0878. The molecule has 29 heavy (non-hydrogen) atoms. The smallest absolute Gasteiger partial charge is 0.243 e. The molecule has 0 heterocycles. The Balaban J connectivity index is 2.35. The fraction of sp³-hybridized carbons (Fsp3) is 0.417. The van der Waals surface area contributed by atoms with E-state index in [0.29, 0.717) is 18.0 Å². The Morgan fingerprint density at radius 3 is 2.17 bits per heavy atom. The van der Waals surface area contributed by atoms with Crippen LogP contribution in [0.1, 0.15) is 50.8 Å². The lowest BCUT2D eigenvalue weighted by Gasteiger charge is -2.33. The molecule has 0 bridgehead atoms. The van der Waals surface area contributed by atoms with Crippen LogP contribution in [0.2, 0.25) is 5.02 Å². The van der Waals surface area contributed by atoms with E-state index in [-0.39, 0.29) is 23.8 Å². The van der Waals surface area contributed by atoms with Gasteiger partial charge in [-0.2, -0.15) is 0 Å². The third-order valence-corrected chi connectivity index (χ3v) is 5.15. The van der Waals surface area contributed by atoms with Gasteiger partial charge in [0.15, 0.2) is 0 Å². The Bertz CT molecular complexity index is 858. The van der Waals surface area contributed by atoms with Crippen LogP contribution in [0.25, 0.3) is 0 Å². The summed E-state index contributed by atoms with van der Waals surface area (Å²) < 4.78 is 0. The second-order valence-corrected chi connectivity index (χ2v) is 8.79. The minimum atomic E-state index is -0.568. The highest BCUT2D eigenvalue weighted by molar-refractivity contribution is 6.31. The van der Waals surface area contributed by atoms with Gasteiger partial charge in [0.05, 0.1) is 6.42 Å². The van der Waals surface area contributed by atoms with E-state index in [9.17, 15) is 9.59 Å². The highest BCUT2D eigenvalue weighted by Crippen LogP contribution is 2.21. The van der Waals surface area contributed by atoms with Crippen LogP contribution in [0.4, 0.5) is 0 Å². The first-order valence-corrected chi connectivity index (χ1v) is 10.4. The van der Waals surface area contributed by atoms with Gasteiger partial charge in [0, 0.05) is 17.1 Å². The Labute approximate surface area is 179 Å². The van der Waals surface area contributed by atoms with Gasteiger partial charge in [-0.25, -0.2) is 0 Å². The summed E-state index contributed by atoms with van der Waals surface area (Å²) in [6.45, 7) is 10.0. The molecule has 0 aliphatic heterocycles. The average molecular weight is 415 g/mol. The summed E-state index contributed by atoms with van der Waals surface area (Å²) >= 11 is 6.35. The first-order valence-electron chi connectivity index (χ1n) is 10.0. The Morgan fingerprint density at radius 1 is 1.03 bits per heavy atom. The van der Waals surface area contributed by atoms with E-state index in [1.54, 1.807) is 11.0 Å². The molecule has 4 nitrogen and oxygen atoms in total. The predicted molar refractivity (Wildman–Crippen MR) is 119 cm³/mol. The summed E-state index contributed by atoms with van der Waals surface area (Å²) in [6, 6.07) is 14.7. The summed E-state index contributed by atoms with van der Waals surface area (Å²) in [4.78, 5) is 28.0. The van der Waals surface area contributed by atoms with Crippen molar-refractivity contribution in [2.45, 2.75) is 65.6 Å². The molecule has 2 rings (SSSR count). The van der Waals surface area contributed by atoms with Crippen LogP contribution in [0.3, 0.4) is 0 Å². The first-order chi connectivity index (χ1) is 13.6. The van der Waals surface area contributed by atoms with E-state index < -0.39 is 6.04 Å². The number of amides is 2. The molecule has 5 heteroatoms. The lowest BCUT2D eigenvalue weighted by molar-refractivity contribution is -0.141. The van der Waals surface area contributed by atoms with Gasteiger partial charge in [-0.15, -0.1) is 0 Å². The molecule has 2 aromatic carbocycles. The van der Waals surface area contributed by atoms with Crippen molar-refractivity contribution in [2.24, 2.45) is 0 Å². The van der Waals surface area contributed by atoms with E-state index in [1.807, 2.05) is 77.1 Å². The Morgan fingerprint density at radius 2 is 1.62 bits per heavy atom. The van der Waals surface area contributed by atoms with Gasteiger partial charge < -0.3 is 10.2 Å². The van der Waals surface area contributed by atoms with Crippen molar-refractivity contribution in [2.75, 3.05) is 0 Å². The molecule has 1 N–H and O–H groups in total. The van der Waals surface area contributed by atoms with Gasteiger partial charge >= 0.3 is 0 Å². The van der Waals surface area contributed by atoms with E-state index in [2.05, 4.69) is 5.32 Å². The maximum Gasteiger partial charge on any atom is 0.243 e. The number of aryl methyl sites for hydroxylation is 1. The largest absolute Gasteiger partial charge is 0.350 e. The molecule has 0 radical (unpaired) electrons. The number of nitrogens with one attached hydrogen (secondary N) is 1. The zero-order valence-electron chi connectivity index (χ0n) is 18.0. The summed E-state index contributed by atoms with van der Waals surface area (Å²) in [6.07, 6.45) is 0.766. The van der Waals surface area contributed by atoms with Gasteiger partial charge in [-0.1, -0.05) is 61.0 Å². The number of carbonyl (C=O) groups excluding carboxylic acids is 2. The summed E-state index contributed by atoms with van der Waals surface area (Å²) in [5.41, 5.74) is 2.48. The quantitative estimate of drug-likeness (QED) is 0.699. The summed E-state index contributed by atoms with van der Waals surface area (Å²) in [5.74, 6) is -0.236. The third-order valence-electron chi connectivity index (χ3n) is 4.79. The van der Waals surface area contributed by atoms with Crippen LogP contribution in [-0.2, 0) is 22.6 Å². The molecule has 2 aromatic rings. The summed E-state index contributed by atoms with van der Waals surface area (Å²) in [7, 11) is 0. The van der Waals surface area contributed by atoms with Crippen molar-refractivity contribution in [3.05, 3.63) is 70.2 Å². The van der Waals surface area contributed by atoms with Gasteiger partial charge in [0.2, 0.25) is 11.8 Å². The summed E-state index contributed by atoms with van der Waals surface area (Å²) in [5, 5.41) is 3.61. The molecule has 0 saturated carbocycles. The lowest BCUT2D eigenvalue weighted by Crippen LogP contribution is -2.53. The predicted octanol–water partition coefficient (Wildman–Crippen LogP) is 4.91. The third kappa shape index (κ3) is 6.60. The fourth-order valence-electron chi connectivity index (χ4n) is 3.26. The normalized spacial score (nSPS) is 12.3. The highest BCUT2D eigenvalue weighted by atomic mass is 35.5. The number of hydrogen-bond acceptors (Lipinski definition) is 2. The SMILES string of the molecule is CCC(C(=O)NC(C)(C)C)N(Cc1ccccc1Cl)C(=O)Cc1ccccc1C. The number of nitrogens with zero attached hydrogens (tertiary/aromatic N) is 1. The van der Waals surface area contributed by atoms with Crippen molar-refractivity contribution in [1.29, 1.82) is 0 Å². The monoisotopic (exact) mass is 414 g/mol. The molecule has 0 fully saturated rings. The molecule has 0 spiro atoms. The second-order valence-electron chi connectivity index (χ2n) is 8.38. The maximum absolute atomic E-state index is 13.4. The molecule has 2 amide bonds. The maximum atomic E-state index is 13.4. The minimum Gasteiger partial charge on any atom is -0.350 e. The average Bonchev–Trinajstić information content (AvgIpc) is 2.63. The van der Waals surface area contributed by atoms with E-state index in [0.717, 1.165) is 16.7 Å². The Kier molecular flexibility index (Phi) is 7.86. The van der Waals surface area contributed by atoms with E-state index >= 15 is 0 Å². The molecule has 0 aliphatic rings. The van der Waals surface area contributed by atoms with Gasteiger partial charge in [0.1, 0.15) is 6.04 Å². The van der Waals surface area contributed by atoms with Crippen molar-refractivity contribution >= 4 is 23.4 Å². The van der Waals surface area contributed by atoms with Gasteiger partial charge in [-0.3, -0.25) is 9.59 Å². The van der Waals surface area contributed by atoms with Crippen LogP contribution in [0.5, 0.6) is 0 Å². The zero-order valence-corrected chi connectivity index (χ0v) is 18.7. The van der Waals surface area contributed by atoms with Crippen LogP contribution in [0, 0.1) is 6.92 Å². The zero-order chi connectivity index (χ0) is 21.6. The van der Waals surface area contributed by atoms with E-state index in [1.165, 1.54) is 0 Å². The van der Waals surface area contributed by atoms with Crippen molar-refractivity contribution in [3.63, 3.8) is 0 Å². The molecule has 1 unspecified atom stereocenters. The van der Waals surface area contributed by atoms with Crippen molar-refractivity contribution in [1.82, 2.24) is 10.2 Å². The standard InChI is InChI=1S/C24H31ClN2O2/c1-6-21(23(29)26-24(3,4)5)27(16-19-13-9-10-14-20(19)25)22(28)15-18-12-8-7-11-17(18)2/h7-14,21H,6,15-16H2,1-5H3,(H,26,29). The molecule has 1 atom stereocenters. The molecular formula is C24H31ClN2O2. The number of halogens is 1. The molecular weight excluding hydrogens is 384 g/mol. The van der Waals surface area contributed by atoms with Crippen molar-refractivity contribution in [3.8, 4) is 0 Å². The lowest BCUT2D eigenvalue weighted by atomic mass is 10.0. The number of carbonyl (C=O) groups is 2. The van der Waals surface area contributed by atoms with Crippen LogP contribution in [0.15, 0.2) is 48.5 Å². The van der Waals surface area contributed by atoms with Gasteiger partial charge in [-0.05, 0) is 56.9 Å². The highest BCUT2D eigenvalue weighted by Gasteiger charge is 2.31. The Hall–Kier alpha value is -2.33. The fourth-order valence-corrected chi connectivity index (χ4v) is 3.45. The van der Waals surface area contributed by atoms with Crippen molar-refractivity contribution < 1.29 is 9.59 Å². The topological polar surface area (TPSA) is 49.4 Å². The number of benzene rings is 2.